The summed E-state index contributed by atoms with van der Waals surface area (Å²) in [4.78, 5) is 29.1. The first kappa shape index (κ1) is 25.5. The van der Waals surface area contributed by atoms with Gasteiger partial charge in [0.05, 0.1) is 6.04 Å². The van der Waals surface area contributed by atoms with Crippen LogP contribution in [0.4, 0.5) is 4.39 Å². The van der Waals surface area contributed by atoms with Crippen LogP contribution in [0.2, 0.25) is 0 Å². The second-order valence-corrected chi connectivity index (χ2v) is 9.29. The van der Waals surface area contributed by atoms with E-state index in [0.717, 1.165) is 23.1 Å². The molecule has 1 atom stereocenters. The minimum atomic E-state index is -0.398. The van der Waals surface area contributed by atoms with E-state index >= 15 is 0 Å². The van der Waals surface area contributed by atoms with Crippen molar-refractivity contribution < 1.29 is 23.1 Å². The van der Waals surface area contributed by atoms with Crippen molar-refractivity contribution in [1.82, 2.24) is 9.80 Å². The Bertz CT molecular complexity index is 1230. The molecule has 0 fully saturated rings. The maximum atomic E-state index is 14.2. The highest BCUT2D eigenvalue weighted by Crippen LogP contribution is 2.38. The number of rotatable bonds is 8. The van der Waals surface area contributed by atoms with Gasteiger partial charge in [0.2, 0.25) is 5.91 Å². The minimum Gasteiger partial charge on any atom is -0.486 e. The lowest BCUT2D eigenvalue weighted by Gasteiger charge is -2.39. The van der Waals surface area contributed by atoms with Gasteiger partial charge in [-0.3, -0.25) is 9.59 Å². The van der Waals surface area contributed by atoms with Crippen molar-refractivity contribution in [1.29, 1.82) is 0 Å². The van der Waals surface area contributed by atoms with Gasteiger partial charge in [-0.2, -0.15) is 0 Å². The molecule has 0 spiro atoms. The molecule has 6 nitrogen and oxygen atoms in total. The first-order valence-corrected chi connectivity index (χ1v) is 12.5. The summed E-state index contributed by atoms with van der Waals surface area (Å²) in [6, 6.07) is 15.3. The number of carbonyl (C=O) groups is 2. The number of fused-ring (bicyclic) bond motifs is 1. The Morgan fingerprint density at radius 2 is 1.89 bits per heavy atom. The largest absolute Gasteiger partial charge is 0.486 e. The average molecular weight is 493 g/mol. The third-order valence-corrected chi connectivity index (χ3v) is 6.59. The number of hydrogen-bond acceptors (Lipinski definition) is 4. The van der Waals surface area contributed by atoms with E-state index in [1.165, 1.54) is 12.1 Å². The number of furan rings is 1. The lowest BCUT2D eigenvalue weighted by Crippen LogP contribution is -2.42. The summed E-state index contributed by atoms with van der Waals surface area (Å²) in [6.07, 6.45) is 0.717. The van der Waals surface area contributed by atoms with Gasteiger partial charge in [0.25, 0.3) is 5.91 Å². The van der Waals surface area contributed by atoms with Gasteiger partial charge in [-0.15, -0.1) is 0 Å². The molecule has 1 aliphatic heterocycles. The summed E-state index contributed by atoms with van der Waals surface area (Å²) >= 11 is 0. The third kappa shape index (κ3) is 5.30. The van der Waals surface area contributed by atoms with E-state index in [-0.39, 0.29) is 35.9 Å². The Morgan fingerprint density at radius 3 is 2.58 bits per heavy atom. The van der Waals surface area contributed by atoms with Gasteiger partial charge in [-0.25, -0.2) is 4.39 Å². The van der Waals surface area contributed by atoms with E-state index < -0.39 is 6.04 Å². The van der Waals surface area contributed by atoms with Crippen LogP contribution in [0.3, 0.4) is 0 Å². The Hall–Kier alpha value is -3.61. The summed E-state index contributed by atoms with van der Waals surface area (Å²) < 4.78 is 25.9. The van der Waals surface area contributed by atoms with Crippen molar-refractivity contribution in [3.63, 3.8) is 0 Å². The van der Waals surface area contributed by atoms with Crippen LogP contribution in [-0.2, 0) is 17.8 Å². The first-order valence-electron chi connectivity index (χ1n) is 12.5. The molecular formula is C29H33FN2O4. The molecule has 1 unspecified atom stereocenters. The molecule has 2 amide bonds. The summed E-state index contributed by atoms with van der Waals surface area (Å²) in [5.41, 5.74) is 2.76. The smallest absolute Gasteiger partial charge is 0.289 e. The van der Waals surface area contributed by atoms with Crippen LogP contribution in [-0.4, -0.2) is 41.2 Å². The number of benzene rings is 2. The van der Waals surface area contributed by atoms with Gasteiger partial charge in [-0.1, -0.05) is 32.0 Å². The van der Waals surface area contributed by atoms with Crippen LogP contribution < -0.4 is 4.74 Å². The highest BCUT2D eigenvalue weighted by atomic mass is 19.1. The predicted molar refractivity (Wildman–Crippen MR) is 135 cm³/mol. The molecule has 0 saturated heterocycles. The first-order chi connectivity index (χ1) is 17.3. The molecule has 1 aromatic heterocycles. The molecule has 1 aliphatic rings. The molecule has 7 heteroatoms. The summed E-state index contributed by atoms with van der Waals surface area (Å²) in [7, 11) is 0. The van der Waals surface area contributed by atoms with Gasteiger partial charge >= 0.3 is 0 Å². The van der Waals surface area contributed by atoms with Crippen LogP contribution in [0.1, 0.15) is 66.7 Å². The van der Waals surface area contributed by atoms with E-state index in [4.69, 9.17) is 9.15 Å². The molecular weight excluding hydrogens is 459 g/mol. The maximum Gasteiger partial charge on any atom is 0.289 e. The van der Waals surface area contributed by atoms with Crippen molar-refractivity contribution in [2.24, 2.45) is 5.92 Å². The van der Waals surface area contributed by atoms with E-state index in [0.29, 0.717) is 31.1 Å². The van der Waals surface area contributed by atoms with Crippen molar-refractivity contribution in [3.05, 3.63) is 88.6 Å². The normalized spacial score (nSPS) is 15.1. The Morgan fingerprint density at radius 1 is 1.11 bits per heavy atom. The maximum absolute atomic E-state index is 14.2. The summed E-state index contributed by atoms with van der Waals surface area (Å²) in [5, 5.41) is 0. The van der Waals surface area contributed by atoms with Gasteiger partial charge in [0, 0.05) is 25.6 Å². The molecule has 0 aliphatic carbocycles. The van der Waals surface area contributed by atoms with Crippen LogP contribution in [0.5, 0.6) is 5.75 Å². The topological polar surface area (TPSA) is 63.0 Å². The van der Waals surface area contributed by atoms with Gasteiger partial charge in [0.1, 0.15) is 23.9 Å². The van der Waals surface area contributed by atoms with Crippen LogP contribution in [0.15, 0.2) is 59.0 Å². The van der Waals surface area contributed by atoms with Crippen LogP contribution in [0.25, 0.3) is 0 Å². The van der Waals surface area contributed by atoms with Crippen molar-refractivity contribution in [2.75, 3.05) is 19.6 Å². The quantitative estimate of drug-likeness (QED) is 0.410. The molecule has 190 valence electrons. The lowest BCUT2D eigenvalue weighted by molar-refractivity contribution is -0.136. The number of hydrogen-bond donors (Lipinski definition) is 0. The number of ether oxygens (including phenoxy) is 1. The number of carbonyl (C=O) groups excluding carboxylic acids is 2. The predicted octanol–water partition coefficient (Wildman–Crippen LogP) is 5.61. The van der Waals surface area contributed by atoms with Gasteiger partial charge < -0.3 is 19.0 Å². The Kier molecular flexibility index (Phi) is 7.77. The van der Waals surface area contributed by atoms with Crippen molar-refractivity contribution in [3.8, 4) is 5.75 Å². The Labute approximate surface area is 211 Å². The zero-order valence-electron chi connectivity index (χ0n) is 21.3. The van der Waals surface area contributed by atoms with Gasteiger partial charge in [0.15, 0.2) is 5.76 Å². The third-order valence-electron chi connectivity index (χ3n) is 6.59. The molecule has 0 N–H and O–H groups in total. The molecule has 0 bridgehead atoms. The summed E-state index contributed by atoms with van der Waals surface area (Å²) in [6.45, 7) is 9.56. The summed E-state index contributed by atoms with van der Waals surface area (Å²) in [5.74, 6) is 0.821. The highest BCUT2D eigenvalue weighted by Gasteiger charge is 2.33. The highest BCUT2D eigenvalue weighted by molar-refractivity contribution is 5.91. The second-order valence-electron chi connectivity index (χ2n) is 9.29. The molecule has 0 saturated carbocycles. The van der Waals surface area contributed by atoms with Crippen molar-refractivity contribution in [2.45, 2.75) is 46.8 Å². The molecule has 0 radical (unpaired) electrons. The molecule has 3 aromatic rings. The zero-order chi connectivity index (χ0) is 25.8. The van der Waals surface area contributed by atoms with E-state index in [2.05, 4.69) is 0 Å². The number of amides is 2. The number of nitrogens with zero attached hydrogens (tertiary/aromatic N) is 2. The monoisotopic (exact) mass is 492 g/mol. The fourth-order valence-electron chi connectivity index (χ4n) is 4.68. The van der Waals surface area contributed by atoms with Crippen LogP contribution in [0, 0.1) is 11.7 Å². The standard InChI is InChI=1S/C29H33FN2O4/c1-5-31(6-2)29(34)26-13-12-24(36-26)18-35-23-11-10-20-14-15-32(28(33)19(3)4)27(25(20)17-23)21-8-7-9-22(30)16-21/h7-13,16-17,19,27H,5-6,14-15,18H2,1-4H3. The van der Waals surface area contributed by atoms with E-state index in [9.17, 15) is 14.0 Å². The van der Waals surface area contributed by atoms with E-state index in [1.54, 1.807) is 23.1 Å². The van der Waals surface area contributed by atoms with Crippen LogP contribution >= 0.6 is 0 Å². The molecule has 4 rings (SSSR count). The fourth-order valence-corrected chi connectivity index (χ4v) is 4.68. The van der Waals surface area contributed by atoms with Gasteiger partial charge in [-0.05, 0) is 73.4 Å². The second kappa shape index (κ2) is 11.0. The molecule has 2 aromatic carbocycles. The fraction of sp³-hybridized carbons (Fsp3) is 0.379. The lowest BCUT2D eigenvalue weighted by atomic mass is 9.87. The van der Waals surface area contributed by atoms with Crippen molar-refractivity contribution >= 4 is 11.8 Å². The average Bonchev–Trinajstić information content (AvgIpc) is 3.36. The number of halogens is 1. The zero-order valence-corrected chi connectivity index (χ0v) is 21.3. The SMILES string of the molecule is CCN(CC)C(=O)c1ccc(COc2ccc3c(c2)C(c2cccc(F)c2)N(C(=O)C(C)C)CC3)o1. The minimum absolute atomic E-state index is 0.0298. The van der Waals surface area contributed by atoms with E-state index in [1.807, 2.05) is 56.9 Å². The molecule has 2 heterocycles. The Balaban J connectivity index is 1.59. The molecule has 36 heavy (non-hydrogen) atoms.